The van der Waals surface area contributed by atoms with E-state index in [4.69, 9.17) is 19.7 Å². The van der Waals surface area contributed by atoms with Gasteiger partial charge in [0, 0.05) is 0 Å². The number of aliphatic hydroxyl groups is 1. The molecule has 2 unspecified atom stereocenters. The number of hydrogen-bond donors (Lipinski definition) is 2. The molecule has 2 aromatic carbocycles. The summed E-state index contributed by atoms with van der Waals surface area (Å²) >= 11 is 0. The Hall–Kier alpha value is -3.05. The number of allylic oxidation sites excluding steroid dienone is 2. The maximum Gasteiger partial charge on any atom is 0.335 e. The van der Waals surface area contributed by atoms with Gasteiger partial charge >= 0.3 is 5.97 Å². The maximum atomic E-state index is 10.7. The molecular weight excluding hydrogens is 392 g/mol. The fourth-order valence-electron chi connectivity index (χ4n) is 3.46. The van der Waals surface area contributed by atoms with Gasteiger partial charge in [-0.25, -0.2) is 4.79 Å². The van der Waals surface area contributed by atoms with Crippen molar-refractivity contribution in [2.24, 2.45) is 0 Å². The maximum absolute atomic E-state index is 10.7. The minimum absolute atomic E-state index is 0.0869. The molecule has 2 N–H and O–H groups in total. The van der Waals surface area contributed by atoms with Gasteiger partial charge in [-0.3, -0.25) is 0 Å². The fourth-order valence-corrected chi connectivity index (χ4v) is 3.46. The summed E-state index contributed by atoms with van der Waals surface area (Å²) in [6.45, 7) is 0.0869. The average molecular weight is 423 g/mol. The molecule has 0 spiro atoms. The second-order valence-corrected chi connectivity index (χ2v) is 7.66. The zero-order chi connectivity index (χ0) is 21.9. The van der Waals surface area contributed by atoms with Crippen LogP contribution in [0.25, 0.3) is 0 Å². The van der Waals surface area contributed by atoms with Crippen molar-refractivity contribution in [3.05, 3.63) is 84.0 Å². The molecule has 0 radical (unpaired) electrons. The van der Waals surface area contributed by atoms with E-state index < -0.39 is 5.97 Å². The van der Waals surface area contributed by atoms with Crippen molar-refractivity contribution in [2.45, 2.75) is 57.3 Å². The summed E-state index contributed by atoms with van der Waals surface area (Å²) in [4.78, 5) is 10.7. The summed E-state index contributed by atoms with van der Waals surface area (Å²) in [7, 11) is 0. The third-order valence-corrected chi connectivity index (χ3v) is 5.20. The number of carbonyl (C=O) groups is 1. The first-order valence-electron chi connectivity index (χ1n) is 10.8. The van der Waals surface area contributed by atoms with Crippen molar-refractivity contribution in [1.82, 2.24) is 0 Å². The summed E-state index contributed by atoms with van der Waals surface area (Å²) in [6.07, 6.45) is 15.6. The van der Waals surface area contributed by atoms with E-state index in [0.717, 1.165) is 42.7 Å². The van der Waals surface area contributed by atoms with E-state index in [1.165, 1.54) is 12.8 Å². The number of rotatable bonds is 6. The molecule has 0 saturated heterocycles. The lowest BCUT2D eigenvalue weighted by molar-refractivity contribution is 0.0697. The van der Waals surface area contributed by atoms with E-state index >= 15 is 0 Å². The Balaban J connectivity index is 0.000000176. The smallest absolute Gasteiger partial charge is 0.335 e. The molecule has 5 heteroatoms. The second-order valence-electron chi connectivity index (χ2n) is 7.66. The van der Waals surface area contributed by atoms with Crippen LogP contribution in [-0.2, 0) is 6.61 Å². The zero-order valence-electron chi connectivity index (χ0n) is 17.7. The van der Waals surface area contributed by atoms with Crippen molar-refractivity contribution in [1.29, 1.82) is 0 Å². The minimum atomic E-state index is -0.913. The third-order valence-electron chi connectivity index (χ3n) is 5.20. The van der Waals surface area contributed by atoms with Crippen LogP contribution in [0.3, 0.4) is 0 Å². The van der Waals surface area contributed by atoms with Gasteiger partial charge in [-0.2, -0.15) is 0 Å². The Kier molecular flexibility index (Phi) is 8.73. The summed E-state index contributed by atoms with van der Waals surface area (Å²) in [5.74, 6) is 0.689. The molecule has 2 atom stereocenters. The highest BCUT2D eigenvalue weighted by Crippen LogP contribution is 2.20. The quantitative estimate of drug-likeness (QED) is 0.598. The molecule has 5 nitrogen and oxygen atoms in total. The first kappa shape index (κ1) is 22.6. The molecule has 4 rings (SSSR count). The second kappa shape index (κ2) is 12.0. The van der Waals surface area contributed by atoms with Crippen LogP contribution in [0.1, 0.15) is 54.4 Å². The predicted octanol–water partition coefficient (Wildman–Crippen LogP) is 5.54. The van der Waals surface area contributed by atoms with Gasteiger partial charge in [0.2, 0.25) is 0 Å². The number of aliphatic hydroxyl groups excluding tert-OH is 1. The Labute approximate surface area is 183 Å². The Morgan fingerprint density at radius 1 is 0.806 bits per heavy atom. The van der Waals surface area contributed by atoms with E-state index in [0.29, 0.717) is 0 Å². The first-order valence-corrected chi connectivity index (χ1v) is 10.8. The molecular formula is C26H30O5. The zero-order valence-corrected chi connectivity index (χ0v) is 17.7. The average Bonchev–Trinajstić information content (AvgIpc) is 2.82. The normalized spacial score (nSPS) is 19.8. The minimum Gasteiger partial charge on any atom is -0.486 e. The van der Waals surface area contributed by atoms with E-state index in [-0.39, 0.29) is 24.4 Å². The molecule has 164 valence electrons. The topological polar surface area (TPSA) is 76.0 Å². The van der Waals surface area contributed by atoms with Gasteiger partial charge in [-0.15, -0.1) is 0 Å². The number of ether oxygens (including phenoxy) is 2. The number of hydrogen-bond acceptors (Lipinski definition) is 4. The van der Waals surface area contributed by atoms with Gasteiger partial charge < -0.3 is 19.7 Å². The lowest BCUT2D eigenvalue weighted by atomic mass is 10.1. The van der Waals surface area contributed by atoms with Crippen molar-refractivity contribution >= 4 is 5.97 Å². The molecule has 2 aliphatic rings. The summed E-state index contributed by atoms with van der Waals surface area (Å²) in [5, 5.41) is 17.6. The monoisotopic (exact) mass is 422 g/mol. The molecule has 2 aromatic rings. The molecule has 0 aromatic heterocycles. The number of aromatic carboxylic acids is 1. The summed E-state index contributed by atoms with van der Waals surface area (Å²) in [6, 6.07) is 14.1. The van der Waals surface area contributed by atoms with Crippen LogP contribution in [0, 0.1) is 0 Å². The molecule has 0 amide bonds. The van der Waals surface area contributed by atoms with Crippen molar-refractivity contribution in [3.63, 3.8) is 0 Å². The van der Waals surface area contributed by atoms with Gasteiger partial charge in [-0.1, -0.05) is 24.3 Å². The molecule has 2 aliphatic carbocycles. The lowest BCUT2D eigenvalue weighted by Crippen LogP contribution is -2.15. The van der Waals surface area contributed by atoms with Gasteiger partial charge in [-0.05, 0) is 92.6 Å². The number of carboxylic acid groups (broad SMARTS) is 1. The third kappa shape index (κ3) is 7.61. The summed E-state index contributed by atoms with van der Waals surface area (Å²) in [5.41, 5.74) is 1.20. The van der Waals surface area contributed by atoms with Crippen LogP contribution in [0.15, 0.2) is 72.8 Å². The molecule has 31 heavy (non-hydrogen) atoms. The standard InChI is InChI=1S/C13H14O3.C13H16O2/c14-13(15)10-6-8-12(9-7-10)16-11-4-2-1-3-5-11;14-10-11-6-8-13(9-7-11)15-12-4-2-1-3-5-12/h2,4,6-9,11H,1,3,5H2,(H,14,15);2,4,6-9,12,14H,1,3,5,10H2. The van der Waals surface area contributed by atoms with E-state index in [1.54, 1.807) is 24.3 Å². The highest BCUT2D eigenvalue weighted by atomic mass is 16.5. The largest absolute Gasteiger partial charge is 0.486 e. The van der Waals surface area contributed by atoms with Gasteiger partial charge in [0.15, 0.2) is 0 Å². The van der Waals surface area contributed by atoms with Crippen molar-refractivity contribution < 1.29 is 24.5 Å². The fraction of sp³-hybridized carbons (Fsp3) is 0.346. The predicted molar refractivity (Wildman–Crippen MR) is 121 cm³/mol. The lowest BCUT2D eigenvalue weighted by Gasteiger charge is -2.18. The van der Waals surface area contributed by atoms with Crippen LogP contribution >= 0.6 is 0 Å². The molecule has 0 saturated carbocycles. The highest BCUT2D eigenvalue weighted by molar-refractivity contribution is 5.87. The SMILES string of the molecule is O=C(O)c1ccc(OC2C=CCCC2)cc1.OCc1ccc(OC2C=CCCC2)cc1. The van der Waals surface area contributed by atoms with E-state index in [1.807, 2.05) is 24.3 Å². The molecule has 0 bridgehead atoms. The van der Waals surface area contributed by atoms with Gasteiger partial charge in [0.25, 0.3) is 0 Å². The van der Waals surface area contributed by atoms with Crippen LogP contribution < -0.4 is 9.47 Å². The molecule has 0 aliphatic heterocycles. The van der Waals surface area contributed by atoms with Gasteiger partial charge in [0.05, 0.1) is 12.2 Å². The van der Waals surface area contributed by atoms with Crippen molar-refractivity contribution in [2.75, 3.05) is 0 Å². The van der Waals surface area contributed by atoms with Crippen LogP contribution in [-0.4, -0.2) is 28.4 Å². The van der Waals surface area contributed by atoms with Crippen LogP contribution in [0.5, 0.6) is 11.5 Å². The Morgan fingerprint density at radius 3 is 1.68 bits per heavy atom. The van der Waals surface area contributed by atoms with Crippen LogP contribution in [0.4, 0.5) is 0 Å². The molecule has 0 fully saturated rings. The first-order chi connectivity index (χ1) is 15.1. The highest BCUT2D eigenvalue weighted by Gasteiger charge is 2.11. The molecule has 0 heterocycles. The van der Waals surface area contributed by atoms with E-state index in [2.05, 4.69) is 24.3 Å². The van der Waals surface area contributed by atoms with E-state index in [9.17, 15) is 4.79 Å². The summed E-state index contributed by atoms with van der Waals surface area (Å²) < 4.78 is 11.5. The Morgan fingerprint density at radius 2 is 1.29 bits per heavy atom. The number of carboxylic acids is 1. The van der Waals surface area contributed by atoms with Crippen LogP contribution in [0.2, 0.25) is 0 Å². The number of benzene rings is 2. The Bertz CT molecular complexity index is 868. The van der Waals surface area contributed by atoms with Gasteiger partial charge in [0.1, 0.15) is 23.7 Å². The van der Waals surface area contributed by atoms with Crippen molar-refractivity contribution in [3.8, 4) is 11.5 Å².